The van der Waals surface area contributed by atoms with Crippen molar-refractivity contribution >= 4 is 5.91 Å². The molecule has 0 aromatic heterocycles. The molecule has 2 fully saturated rings. The third-order valence-corrected chi connectivity index (χ3v) is 5.11. The zero-order valence-electron chi connectivity index (χ0n) is 14.0. The Hall–Kier alpha value is -1.55. The third kappa shape index (κ3) is 4.25. The zero-order chi connectivity index (χ0) is 16.1. The van der Waals surface area contributed by atoms with Gasteiger partial charge in [0.15, 0.2) is 0 Å². The van der Waals surface area contributed by atoms with Gasteiger partial charge in [-0.1, -0.05) is 31.4 Å². The summed E-state index contributed by atoms with van der Waals surface area (Å²) in [6.07, 6.45) is 8.39. The SMILES string of the molecule is COc1cccc(CCC(=O)N[C@@H]2COC3(CCCCC3)C2)c1. The minimum atomic E-state index is 0.0585. The molecule has 4 nitrogen and oxygen atoms in total. The van der Waals surface area contributed by atoms with Gasteiger partial charge in [-0.05, 0) is 43.4 Å². The Morgan fingerprint density at radius 3 is 2.96 bits per heavy atom. The molecule has 1 saturated heterocycles. The van der Waals surface area contributed by atoms with Crippen LogP contribution in [0.3, 0.4) is 0 Å². The number of carbonyl (C=O) groups is 1. The molecule has 3 rings (SSSR count). The first-order valence-corrected chi connectivity index (χ1v) is 8.75. The van der Waals surface area contributed by atoms with Crippen molar-refractivity contribution in [3.05, 3.63) is 29.8 Å². The normalized spacial score (nSPS) is 22.9. The van der Waals surface area contributed by atoms with Gasteiger partial charge in [-0.25, -0.2) is 0 Å². The smallest absolute Gasteiger partial charge is 0.220 e. The van der Waals surface area contributed by atoms with Gasteiger partial charge < -0.3 is 14.8 Å². The van der Waals surface area contributed by atoms with Crippen molar-refractivity contribution in [2.45, 2.75) is 63.0 Å². The van der Waals surface area contributed by atoms with Crippen molar-refractivity contribution in [1.29, 1.82) is 0 Å². The molecule has 0 radical (unpaired) electrons. The summed E-state index contributed by atoms with van der Waals surface area (Å²) in [4.78, 5) is 12.2. The molecule has 4 heteroatoms. The summed E-state index contributed by atoms with van der Waals surface area (Å²) in [6.45, 7) is 0.672. The average molecular weight is 317 g/mol. The molecule has 23 heavy (non-hydrogen) atoms. The maximum Gasteiger partial charge on any atom is 0.220 e. The number of nitrogens with one attached hydrogen (secondary N) is 1. The van der Waals surface area contributed by atoms with E-state index < -0.39 is 0 Å². The van der Waals surface area contributed by atoms with Crippen molar-refractivity contribution in [1.82, 2.24) is 5.32 Å². The molecule has 1 amide bonds. The Bertz CT molecular complexity index is 537. The molecule has 126 valence electrons. The van der Waals surface area contributed by atoms with Crippen LogP contribution in [0.4, 0.5) is 0 Å². The highest BCUT2D eigenvalue weighted by atomic mass is 16.5. The Morgan fingerprint density at radius 2 is 2.17 bits per heavy atom. The van der Waals surface area contributed by atoms with Gasteiger partial charge in [0.2, 0.25) is 5.91 Å². The molecule has 1 atom stereocenters. The van der Waals surface area contributed by atoms with Gasteiger partial charge in [0, 0.05) is 6.42 Å². The number of amides is 1. The van der Waals surface area contributed by atoms with E-state index in [-0.39, 0.29) is 17.6 Å². The van der Waals surface area contributed by atoms with Gasteiger partial charge in [-0.2, -0.15) is 0 Å². The molecule has 1 saturated carbocycles. The molecule has 1 aliphatic carbocycles. The first kappa shape index (κ1) is 16.3. The van der Waals surface area contributed by atoms with Crippen LogP contribution in [0.1, 0.15) is 50.5 Å². The summed E-state index contributed by atoms with van der Waals surface area (Å²) >= 11 is 0. The fraction of sp³-hybridized carbons (Fsp3) is 0.632. The van der Waals surface area contributed by atoms with E-state index in [1.165, 1.54) is 19.3 Å². The van der Waals surface area contributed by atoms with E-state index in [9.17, 15) is 4.79 Å². The number of rotatable bonds is 5. The molecule has 1 N–H and O–H groups in total. The van der Waals surface area contributed by atoms with E-state index in [0.29, 0.717) is 13.0 Å². The van der Waals surface area contributed by atoms with Crippen LogP contribution < -0.4 is 10.1 Å². The van der Waals surface area contributed by atoms with Crippen LogP contribution >= 0.6 is 0 Å². The van der Waals surface area contributed by atoms with E-state index in [2.05, 4.69) is 5.32 Å². The van der Waals surface area contributed by atoms with E-state index in [1.54, 1.807) is 7.11 Å². The van der Waals surface area contributed by atoms with Crippen molar-refractivity contribution in [3.8, 4) is 5.75 Å². The number of carbonyl (C=O) groups excluding carboxylic acids is 1. The van der Waals surface area contributed by atoms with E-state index in [0.717, 1.165) is 37.0 Å². The Morgan fingerprint density at radius 1 is 1.35 bits per heavy atom. The van der Waals surface area contributed by atoms with Gasteiger partial charge in [-0.3, -0.25) is 4.79 Å². The first-order chi connectivity index (χ1) is 11.2. The van der Waals surface area contributed by atoms with E-state index in [4.69, 9.17) is 9.47 Å². The molecule has 0 bridgehead atoms. The number of benzene rings is 1. The van der Waals surface area contributed by atoms with Crippen molar-refractivity contribution < 1.29 is 14.3 Å². The van der Waals surface area contributed by atoms with Gasteiger partial charge >= 0.3 is 0 Å². The molecule has 1 aliphatic heterocycles. The zero-order valence-corrected chi connectivity index (χ0v) is 14.0. The lowest BCUT2D eigenvalue weighted by atomic mass is 9.82. The lowest BCUT2D eigenvalue weighted by Gasteiger charge is -2.32. The average Bonchev–Trinajstić information content (AvgIpc) is 2.96. The van der Waals surface area contributed by atoms with Crippen LogP contribution in [0.15, 0.2) is 24.3 Å². The summed E-state index contributed by atoms with van der Waals surface area (Å²) in [5.41, 5.74) is 1.19. The van der Waals surface area contributed by atoms with E-state index >= 15 is 0 Å². The fourth-order valence-corrected chi connectivity index (χ4v) is 3.87. The number of hydrogen-bond donors (Lipinski definition) is 1. The Labute approximate surface area is 138 Å². The van der Waals surface area contributed by atoms with Crippen LogP contribution in [0, 0.1) is 0 Å². The first-order valence-electron chi connectivity index (χ1n) is 8.75. The number of aryl methyl sites for hydroxylation is 1. The maximum atomic E-state index is 12.2. The Kier molecular flexibility index (Phi) is 5.21. The van der Waals surface area contributed by atoms with Crippen LogP contribution in [-0.2, 0) is 16.0 Å². The third-order valence-electron chi connectivity index (χ3n) is 5.11. The van der Waals surface area contributed by atoms with Gasteiger partial charge in [0.25, 0.3) is 0 Å². The summed E-state index contributed by atoms with van der Waals surface area (Å²) in [6, 6.07) is 8.09. The Balaban J connectivity index is 1.44. The van der Waals surface area contributed by atoms with Gasteiger partial charge in [0.1, 0.15) is 5.75 Å². The van der Waals surface area contributed by atoms with Crippen LogP contribution in [0.25, 0.3) is 0 Å². The summed E-state index contributed by atoms with van der Waals surface area (Å²) in [7, 11) is 1.66. The minimum Gasteiger partial charge on any atom is -0.497 e. The molecular weight excluding hydrogens is 290 g/mol. The number of ether oxygens (including phenoxy) is 2. The quantitative estimate of drug-likeness (QED) is 0.907. The molecule has 0 unspecified atom stereocenters. The highest BCUT2D eigenvalue weighted by molar-refractivity contribution is 5.76. The minimum absolute atomic E-state index is 0.0585. The fourth-order valence-electron chi connectivity index (χ4n) is 3.87. The molecule has 1 aromatic carbocycles. The van der Waals surface area contributed by atoms with E-state index in [1.807, 2.05) is 24.3 Å². The maximum absolute atomic E-state index is 12.2. The monoisotopic (exact) mass is 317 g/mol. The molecular formula is C19H27NO3. The molecule has 1 heterocycles. The lowest BCUT2D eigenvalue weighted by Crippen LogP contribution is -2.37. The predicted molar refractivity (Wildman–Crippen MR) is 89.6 cm³/mol. The topological polar surface area (TPSA) is 47.6 Å². The van der Waals surface area contributed by atoms with Crippen molar-refractivity contribution in [3.63, 3.8) is 0 Å². The van der Waals surface area contributed by atoms with Crippen LogP contribution in [0.5, 0.6) is 5.75 Å². The lowest BCUT2D eigenvalue weighted by molar-refractivity contribution is -0.121. The summed E-state index contributed by atoms with van der Waals surface area (Å²) < 4.78 is 11.3. The molecule has 2 aliphatic rings. The second kappa shape index (κ2) is 7.35. The predicted octanol–water partition coefficient (Wildman–Crippen LogP) is 3.24. The van der Waals surface area contributed by atoms with Gasteiger partial charge in [-0.15, -0.1) is 0 Å². The molecule has 1 spiro atoms. The second-order valence-corrected chi connectivity index (χ2v) is 6.87. The largest absolute Gasteiger partial charge is 0.497 e. The number of methoxy groups -OCH3 is 1. The summed E-state index contributed by atoms with van der Waals surface area (Å²) in [5.74, 6) is 0.959. The molecule has 1 aromatic rings. The summed E-state index contributed by atoms with van der Waals surface area (Å²) in [5, 5.41) is 3.15. The van der Waals surface area contributed by atoms with Crippen LogP contribution in [0.2, 0.25) is 0 Å². The van der Waals surface area contributed by atoms with Crippen LogP contribution in [-0.4, -0.2) is 31.3 Å². The highest BCUT2D eigenvalue weighted by Crippen LogP contribution is 2.39. The van der Waals surface area contributed by atoms with Crippen molar-refractivity contribution in [2.24, 2.45) is 0 Å². The second-order valence-electron chi connectivity index (χ2n) is 6.87. The van der Waals surface area contributed by atoms with Gasteiger partial charge in [0.05, 0.1) is 25.4 Å². The number of hydrogen-bond acceptors (Lipinski definition) is 3. The highest BCUT2D eigenvalue weighted by Gasteiger charge is 2.41. The standard InChI is InChI=1S/C19H27NO3/c1-22-17-7-5-6-15(12-17)8-9-18(21)20-16-13-19(23-14-16)10-3-2-4-11-19/h5-7,12,16H,2-4,8-11,13-14H2,1H3,(H,20,21)/t16-/m0/s1. The van der Waals surface area contributed by atoms with Crippen molar-refractivity contribution in [2.75, 3.05) is 13.7 Å².